The Balaban J connectivity index is 3.73. The van der Waals surface area contributed by atoms with E-state index in [0.29, 0.717) is 0 Å². The Bertz CT molecular complexity index is 240. The molecule has 0 fully saturated rings. The van der Waals surface area contributed by atoms with E-state index in [1.54, 1.807) is 13.8 Å². The van der Waals surface area contributed by atoms with E-state index in [9.17, 15) is 13.2 Å². The highest BCUT2D eigenvalue weighted by Crippen LogP contribution is 1.95. The van der Waals surface area contributed by atoms with Gasteiger partial charge in [0.25, 0.3) is 0 Å². The lowest BCUT2D eigenvalue weighted by atomic mass is 10.4. The number of esters is 1. The first-order valence-corrected chi connectivity index (χ1v) is 5.74. The second kappa shape index (κ2) is 4.45. The minimum absolute atomic E-state index is 0.0585. The standard InChI is InChI=1S/C7H14O4S/c1-6(2)11-7(8)4-5-12(3,9)10/h6H,4-5H2,1-3H3. The quantitative estimate of drug-likeness (QED) is 0.607. The zero-order chi connectivity index (χ0) is 9.78. The topological polar surface area (TPSA) is 60.4 Å². The Hall–Kier alpha value is -0.580. The number of hydrogen-bond acceptors (Lipinski definition) is 4. The summed E-state index contributed by atoms with van der Waals surface area (Å²) in [5, 5.41) is 0. The van der Waals surface area contributed by atoms with Gasteiger partial charge in [-0.15, -0.1) is 0 Å². The number of carbonyl (C=O) groups is 1. The van der Waals surface area contributed by atoms with Crippen LogP contribution in [0.3, 0.4) is 0 Å². The maximum Gasteiger partial charge on any atom is 0.307 e. The van der Waals surface area contributed by atoms with Gasteiger partial charge in [0.1, 0.15) is 9.84 Å². The van der Waals surface area contributed by atoms with Crippen molar-refractivity contribution in [3.05, 3.63) is 0 Å². The predicted molar refractivity (Wildman–Crippen MR) is 45.6 cm³/mol. The molecule has 0 aliphatic heterocycles. The van der Waals surface area contributed by atoms with E-state index in [1.165, 1.54) is 0 Å². The molecule has 5 heteroatoms. The van der Waals surface area contributed by atoms with Gasteiger partial charge in [-0.2, -0.15) is 0 Å². The van der Waals surface area contributed by atoms with Crippen LogP contribution in [0.15, 0.2) is 0 Å². The fraction of sp³-hybridized carbons (Fsp3) is 0.857. The fourth-order valence-corrected chi connectivity index (χ4v) is 1.13. The van der Waals surface area contributed by atoms with E-state index in [0.717, 1.165) is 6.26 Å². The van der Waals surface area contributed by atoms with Gasteiger partial charge in [-0.05, 0) is 13.8 Å². The fourth-order valence-electron chi connectivity index (χ4n) is 0.591. The van der Waals surface area contributed by atoms with Crippen molar-refractivity contribution in [3.8, 4) is 0 Å². The summed E-state index contributed by atoms with van der Waals surface area (Å²) in [7, 11) is -3.06. The van der Waals surface area contributed by atoms with E-state index < -0.39 is 15.8 Å². The molecule has 0 aliphatic rings. The van der Waals surface area contributed by atoms with Gasteiger partial charge >= 0.3 is 5.97 Å². The molecular formula is C7H14O4S. The molecule has 0 saturated carbocycles. The lowest BCUT2D eigenvalue weighted by Crippen LogP contribution is -2.15. The monoisotopic (exact) mass is 194 g/mol. The van der Waals surface area contributed by atoms with E-state index >= 15 is 0 Å². The third kappa shape index (κ3) is 7.53. The molecule has 0 aromatic carbocycles. The van der Waals surface area contributed by atoms with Crippen LogP contribution < -0.4 is 0 Å². The first kappa shape index (κ1) is 11.4. The lowest BCUT2D eigenvalue weighted by Gasteiger charge is -2.06. The van der Waals surface area contributed by atoms with Gasteiger partial charge in [0.2, 0.25) is 0 Å². The Labute approximate surface area is 72.8 Å². The van der Waals surface area contributed by atoms with Gasteiger partial charge in [-0.25, -0.2) is 8.42 Å². The Morgan fingerprint density at radius 3 is 2.25 bits per heavy atom. The summed E-state index contributed by atoms with van der Waals surface area (Å²) in [6.45, 7) is 3.44. The second-order valence-electron chi connectivity index (χ2n) is 2.92. The van der Waals surface area contributed by atoms with E-state index in [2.05, 4.69) is 0 Å². The zero-order valence-electron chi connectivity index (χ0n) is 7.53. The van der Waals surface area contributed by atoms with Crippen LogP contribution in [0.2, 0.25) is 0 Å². The molecule has 0 aliphatic carbocycles. The van der Waals surface area contributed by atoms with Crippen LogP contribution in [0.1, 0.15) is 20.3 Å². The maximum absolute atomic E-state index is 10.8. The highest BCUT2D eigenvalue weighted by Gasteiger charge is 2.09. The molecule has 72 valence electrons. The molecule has 0 rings (SSSR count). The Morgan fingerprint density at radius 2 is 1.92 bits per heavy atom. The van der Waals surface area contributed by atoms with Gasteiger partial charge < -0.3 is 4.74 Å². The highest BCUT2D eigenvalue weighted by atomic mass is 32.2. The largest absolute Gasteiger partial charge is 0.463 e. The van der Waals surface area contributed by atoms with E-state index in [1.807, 2.05) is 0 Å². The third-order valence-corrected chi connectivity index (χ3v) is 1.99. The van der Waals surface area contributed by atoms with Crippen LogP contribution in [0.25, 0.3) is 0 Å². The summed E-state index contributed by atoms with van der Waals surface area (Å²) >= 11 is 0. The minimum atomic E-state index is -3.06. The normalized spacial score (nSPS) is 11.7. The van der Waals surface area contributed by atoms with Crippen molar-refractivity contribution in [2.24, 2.45) is 0 Å². The van der Waals surface area contributed by atoms with Crippen molar-refractivity contribution >= 4 is 15.8 Å². The smallest absolute Gasteiger partial charge is 0.307 e. The van der Waals surface area contributed by atoms with Gasteiger partial charge in [0.05, 0.1) is 18.3 Å². The van der Waals surface area contributed by atoms with Gasteiger partial charge in [0, 0.05) is 6.26 Å². The predicted octanol–water partition coefficient (Wildman–Crippen LogP) is 0.373. The van der Waals surface area contributed by atoms with Crippen LogP contribution in [0.4, 0.5) is 0 Å². The van der Waals surface area contributed by atoms with Crippen LogP contribution in [-0.2, 0) is 19.4 Å². The minimum Gasteiger partial charge on any atom is -0.463 e. The van der Waals surface area contributed by atoms with Crippen molar-refractivity contribution in [1.82, 2.24) is 0 Å². The third-order valence-electron chi connectivity index (χ3n) is 1.04. The number of sulfone groups is 1. The molecule has 4 nitrogen and oxygen atoms in total. The SMILES string of the molecule is CC(C)OC(=O)CCS(C)(=O)=O. The zero-order valence-corrected chi connectivity index (χ0v) is 8.35. The van der Waals surface area contributed by atoms with Crippen LogP contribution >= 0.6 is 0 Å². The van der Waals surface area contributed by atoms with E-state index in [-0.39, 0.29) is 18.3 Å². The highest BCUT2D eigenvalue weighted by molar-refractivity contribution is 7.90. The summed E-state index contributed by atoms with van der Waals surface area (Å²) in [5.74, 6) is -0.603. The molecule has 0 amide bonds. The molecule has 0 bridgehead atoms. The van der Waals surface area contributed by atoms with Crippen molar-refractivity contribution in [2.75, 3.05) is 12.0 Å². The molecule has 12 heavy (non-hydrogen) atoms. The first-order chi connectivity index (χ1) is 5.31. The summed E-state index contributed by atoms with van der Waals surface area (Å²) in [4.78, 5) is 10.8. The lowest BCUT2D eigenvalue weighted by molar-refractivity contribution is -0.146. The summed E-state index contributed by atoms with van der Waals surface area (Å²) < 4.78 is 26.0. The van der Waals surface area contributed by atoms with Crippen molar-refractivity contribution in [3.63, 3.8) is 0 Å². The van der Waals surface area contributed by atoms with Gasteiger partial charge in [-0.1, -0.05) is 0 Å². The molecule has 0 atom stereocenters. The van der Waals surface area contributed by atoms with Crippen LogP contribution in [-0.4, -0.2) is 32.5 Å². The summed E-state index contributed by atoms with van der Waals surface area (Å²) in [6, 6.07) is 0. The molecule has 0 aromatic heterocycles. The molecule has 0 heterocycles. The molecule has 0 N–H and O–H groups in total. The molecule has 0 unspecified atom stereocenters. The van der Waals surface area contributed by atoms with Gasteiger partial charge in [-0.3, -0.25) is 4.79 Å². The Kier molecular flexibility index (Phi) is 4.23. The molecular weight excluding hydrogens is 180 g/mol. The molecule has 0 saturated heterocycles. The van der Waals surface area contributed by atoms with Crippen LogP contribution in [0.5, 0.6) is 0 Å². The first-order valence-electron chi connectivity index (χ1n) is 3.68. The Morgan fingerprint density at radius 1 is 1.42 bits per heavy atom. The number of carbonyl (C=O) groups excluding carboxylic acids is 1. The van der Waals surface area contributed by atoms with Crippen LogP contribution in [0, 0.1) is 0 Å². The summed E-state index contributed by atoms with van der Waals surface area (Å²) in [5.41, 5.74) is 0. The van der Waals surface area contributed by atoms with Crippen molar-refractivity contribution in [2.45, 2.75) is 26.4 Å². The van der Waals surface area contributed by atoms with Crippen molar-refractivity contribution in [1.29, 1.82) is 0 Å². The molecule has 0 radical (unpaired) electrons. The molecule has 0 spiro atoms. The van der Waals surface area contributed by atoms with Gasteiger partial charge in [0.15, 0.2) is 0 Å². The summed E-state index contributed by atoms with van der Waals surface area (Å²) in [6.07, 6.45) is 0.851. The number of ether oxygens (including phenoxy) is 1. The molecule has 0 aromatic rings. The average Bonchev–Trinajstić information content (AvgIpc) is 1.80. The average molecular weight is 194 g/mol. The number of hydrogen-bond donors (Lipinski definition) is 0. The van der Waals surface area contributed by atoms with Crippen molar-refractivity contribution < 1.29 is 17.9 Å². The number of rotatable bonds is 4. The second-order valence-corrected chi connectivity index (χ2v) is 5.18. The van der Waals surface area contributed by atoms with E-state index in [4.69, 9.17) is 4.74 Å². The maximum atomic E-state index is 10.8.